The van der Waals surface area contributed by atoms with E-state index in [2.05, 4.69) is 10.6 Å². The zero-order valence-corrected chi connectivity index (χ0v) is 17.1. The molecular weight excluding hydrogens is 370 g/mol. The molecule has 1 aliphatic heterocycles. The van der Waals surface area contributed by atoms with Crippen LogP contribution < -0.4 is 10.6 Å². The summed E-state index contributed by atoms with van der Waals surface area (Å²) in [6.07, 6.45) is 0.515. The quantitative estimate of drug-likeness (QED) is 0.601. The Kier molecular flexibility index (Phi) is 5.83. The van der Waals surface area contributed by atoms with Crippen LogP contribution in [0.3, 0.4) is 0 Å². The van der Waals surface area contributed by atoms with Gasteiger partial charge in [-0.1, -0.05) is 23.2 Å². The van der Waals surface area contributed by atoms with Gasteiger partial charge in [-0.05, 0) is 46.8 Å². The summed E-state index contributed by atoms with van der Waals surface area (Å²) in [6.45, 7) is 10.1. The number of fused-ring (bicyclic) bond motifs is 1. The lowest BCUT2D eigenvalue weighted by Crippen LogP contribution is -2.43. The van der Waals surface area contributed by atoms with Crippen LogP contribution in [0.1, 0.15) is 41.0 Å². The van der Waals surface area contributed by atoms with Gasteiger partial charge in [0.05, 0.1) is 34.6 Å². The van der Waals surface area contributed by atoms with Crippen molar-refractivity contribution in [3.05, 3.63) is 22.2 Å². The fourth-order valence-corrected chi connectivity index (χ4v) is 5.68. The zero-order chi connectivity index (χ0) is 18.2. The topological polar surface area (TPSA) is 59.6 Å². The van der Waals surface area contributed by atoms with Gasteiger partial charge in [0, 0.05) is 12.0 Å². The normalized spacial score (nSPS) is 23.0. The van der Waals surface area contributed by atoms with E-state index >= 15 is 0 Å². The van der Waals surface area contributed by atoms with Gasteiger partial charge in [0.15, 0.2) is 0 Å². The molecule has 136 valence electrons. The Morgan fingerprint density at radius 3 is 1.96 bits per heavy atom. The van der Waals surface area contributed by atoms with Gasteiger partial charge < -0.3 is 19.7 Å². The van der Waals surface area contributed by atoms with Gasteiger partial charge in [0.25, 0.3) is 0 Å². The molecule has 1 aliphatic rings. The largest absolute Gasteiger partial charge is 0.378 e. The number of benzene rings is 1. The molecule has 2 rings (SSSR count). The number of nitrogens with one attached hydrogen (secondary N) is 2. The van der Waals surface area contributed by atoms with E-state index in [9.17, 15) is 4.57 Å². The summed E-state index contributed by atoms with van der Waals surface area (Å²) in [7, 11) is -3.42. The summed E-state index contributed by atoms with van der Waals surface area (Å²) < 4.78 is 24.7. The van der Waals surface area contributed by atoms with E-state index < -0.39 is 12.9 Å². The molecule has 24 heavy (non-hydrogen) atoms. The SMILES string of the molecule is CCOP(=O)(OCC)C1(C)CC(C)(C)Nc2cc(Cl)c(Cl)cc2N1. The molecule has 0 amide bonds. The van der Waals surface area contributed by atoms with E-state index in [1.54, 1.807) is 26.0 Å². The third kappa shape index (κ3) is 3.86. The molecule has 1 unspecified atom stereocenters. The van der Waals surface area contributed by atoms with Gasteiger partial charge in [0.1, 0.15) is 5.28 Å². The first-order chi connectivity index (χ1) is 11.1. The molecule has 0 spiro atoms. The van der Waals surface area contributed by atoms with Crippen molar-refractivity contribution in [3.8, 4) is 0 Å². The van der Waals surface area contributed by atoms with Crippen LogP contribution in [0.25, 0.3) is 0 Å². The van der Waals surface area contributed by atoms with Crippen molar-refractivity contribution in [3.63, 3.8) is 0 Å². The molecule has 8 heteroatoms. The second-order valence-corrected chi connectivity index (χ2v) is 10.0. The maximum Gasteiger partial charge on any atom is 0.355 e. The van der Waals surface area contributed by atoms with Crippen molar-refractivity contribution >= 4 is 42.2 Å². The van der Waals surface area contributed by atoms with Crippen molar-refractivity contribution in [2.24, 2.45) is 0 Å². The summed E-state index contributed by atoms with van der Waals surface area (Å²) in [5.74, 6) is 0. The fourth-order valence-electron chi connectivity index (χ4n) is 3.18. The summed E-state index contributed by atoms with van der Waals surface area (Å²) in [5.41, 5.74) is 1.16. The molecule has 1 aromatic rings. The second-order valence-electron chi connectivity index (χ2n) is 6.73. The highest BCUT2D eigenvalue weighted by atomic mass is 35.5. The Morgan fingerprint density at radius 2 is 1.50 bits per heavy atom. The molecule has 0 fully saturated rings. The molecule has 0 saturated carbocycles. The van der Waals surface area contributed by atoms with E-state index in [4.69, 9.17) is 32.2 Å². The number of rotatable bonds is 5. The Labute approximate surface area is 153 Å². The van der Waals surface area contributed by atoms with Crippen molar-refractivity contribution in [2.75, 3.05) is 23.8 Å². The Balaban J connectivity index is 2.57. The Morgan fingerprint density at radius 1 is 1.04 bits per heavy atom. The van der Waals surface area contributed by atoms with Crippen molar-refractivity contribution < 1.29 is 13.6 Å². The van der Waals surface area contributed by atoms with Gasteiger partial charge in [-0.25, -0.2) is 0 Å². The molecule has 1 heterocycles. The first kappa shape index (κ1) is 19.9. The first-order valence-electron chi connectivity index (χ1n) is 8.00. The highest BCUT2D eigenvalue weighted by Gasteiger charge is 2.51. The Bertz CT molecular complexity index is 659. The van der Waals surface area contributed by atoms with Crippen LogP contribution in [0.5, 0.6) is 0 Å². The maximum atomic E-state index is 13.5. The maximum absolute atomic E-state index is 13.5. The number of hydrogen-bond acceptors (Lipinski definition) is 5. The van der Waals surface area contributed by atoms with Gasteiger partial charge in [-0.15, -0.1) is 0 Å². The van der Waals surface area contributed by atoms with Crippen molar-refractivity contribution in [1.29, 1.82) is 0 Å². The van der Waals surface area contributed by atoms with E-state index in [0.717, 1.165) is 11.4 Å². The molecule has 0 aromatic heterocycles. The predicted molar refractivity (Wildman–Crippen MR) is 102 cm³/mol. The lowest BCUT2D eigenvalue weighted by atomic mass is 9.96. The average molecular weight is 395 g/mol. The molecule has 0 radical (unpaired) electrons. The number of hydrogen-bond donors (Lipinski definition) is 2. The standard InChI is InChI=1S/C16H25Cl2N2O3P/c1-6-22-24(21,23-7-2)16(5)10-15(3,4)19-13-8-11(17)12(18)9-14(13)20-16/h8-9,19-20H,6-7,10H2,1-5H3. The van der Waals surface area contributed by atoms with Crippen LogP contribution in [-0.4, -0.2) is 24.0 Å². The molecule has 0 aliphatic carbocycles. The molecule has 0 saturated heterocycles. The highest BCUT2D eigenvalue weighted by Crippen LogP contribution is 2.63. The van der Waals surface area contributed by atoms with Crippen molar-refractivity contribution in [1.82, 2.24) is 0 Å². The summed E-state index contributed by atoms with van der Waals surface area (Å²) in [4.78, 5) is 0. The lowest BCUT2D eigenvalue weighted by Gasteiger charge is -2.39. The molecule has 2 N–H and O–H groups in total. The van der Waals surface area contributed by atoms with Crippen LogP contribution in [-0.2, 0) is 13.6 Å². The van der Waals surface area contributed by atoms with E-state index in [1.165, 1.54) is 0 Å². The molecular formula is C16H25Cl2N2O3P. The highest BCUT2D eigenvalue weighted by molar-refractivity contribution is 7.55. The van der Waals surface area contributed by atoms with Crippen LogP contribution in [0, 0.1) is 0 Å². The third-order valence-electron chi connectivity index (χ3n) is 3.93. The van der Waals surface area contributed by atoms with Crippen molar-refractivity contribution in [2.45, 2.75) is 51.9 Å². The minimum Gasteiger partial charge on any atom is -0.378 e. The molecule has 0 bridgehead atoms. The predicted octanol–water partition coefficient (Wildman–Crippen LogP) is 5.98. The average Bonchev–Trinajstić information content (AvgIpc) is 2.53. The van der Waals surface area contributed by atoms with Gasteiger partial charge >= 0.3 is 7.60 Å². The van der Waals surface area contributed by atoms with Gasteiger partial charge in [0.2, 0.25) is 0 Å². The number of halogens is 2. The van der Waals surface area contributed by atoms with Gasteiger partial charge in [-0.2, -0.15) is 0 Å². The summed E-state index contributed by atoms with van der Waals surface area (Å²) in [6, 6.07) is 3.50. The van der Waals surface area contributed by atoms with Gasteiger partial charge in [-0.3, -0.25) is 4.57 Å². The Hall–Kier alpha value is -0.450. The molecule has 5 nitrogen and oxygen atoms in total. The van der Waals surface area contributed by atoms with E-state index in [0.29, 0.717) is 29.7 Å². The van der Waals surface area contributed by atoms with Crippen LogP contribution in [0.4, 0.5) is 11.4 Å². The fraction of sp³-hybridized carbons (Fsp3) is 0.625. The van der Waals surface area contributed by atoms with E-state index in [1.807, 2.05) is 20.8 Å². The summed E-state index contributed by atoms with van der Waals surface area (Å²) >= 11 is 12.3. The minimum absolute atomic E-state index is 0.302. The van der Waals surface area contributed by atoms with Crippen LogP contribution in [0.15, 0.2) is 12.1 Å². The third-order valence-corrected chi connectivity index (χ3v) is 7.32. The number of anilines is 2. The molecule has 1 aromatic carbocycles. The smallest absolute Gasteiger partial charge is 0.355 e. The van der Waals surface area contributed by atoms with E-state index in [-0.39, 0.29) is 5.54 Å². The second kappa shape index (κ2) is 7.05. The summed E-state index contributed by atoms with van der Waals surface area (Å²) in [5, 5.41) is 6.76. The monoisotopic (exact) mass is 394 g/mol. The first-order valence-corrected chi connectivity index (χ1v) is 10.3. The zero-order valence-electron chi connectivity index (χ0n) is 14.7. The lowest BCUT2D eigenvalue weighted by molar-refractivity contribution is 0.196. The van der Waals surface area contributed by atoms with Crippen LogP contribution >= 0.6 is 30.8 Å². The minimum atomic E-state index is -3.42. The van der Waals surface area contributed by atoms with Crippen LogP contribution in [0.2, 0.25) is 10.0 Å². The molecule has 1 atom stereocenters.